The smallest absolute Gasteiger partial charge is 0.230 e. The van der Waals surface area contributed by atoms with E-state index in [0.29, 0.717) is 25.3 Å². The van der Waals surface area contributed by atoms with Crippen molar-refractivity contribution >= 4 is 17.6 Å². The van der Waals surface area contributed by atoms with Crippen molar-refractivity contribution in [1.82, 2.24) is 9.88 Å². The van der Waals surface area contributed by atoms with Crippen LogP contribution in [0.1, 0.15) is 17.7 Å². The first kappa shape index (κ1) is 17.1. The fraction of sp³-hybridized carbons (Fsp3) is 0.316. The minimum absolute atomic E-state index is 0.0283. The number of benzene rings is 1. The molecule has 0 aliphatic carbocycles. The summed E-state index contributed by atoms with van der Waals surface area (Å²) in [5, 5.41) is 2.78. The first-order valence-corrected chi connectivity index (χ1v) is 8.28. The van der Waals surface area contributed by atoms with Crippen molar-refractivity contribution in [2.75, 3.05) is 18.4 Å². The zero-order valence-electron chi connectivity index (χ0n) is 14.0. The number of carbonyl (C=O) groups excluding carboxylic acids is 2. The van der Waals surface area contributed by atoms with Crippen LogP contribution in [0.2, 0.25) is 0 Å². The number of aromatic nitrogens is 1. The number of rotatable bonds is 5. The molecular weight excluding hydrogens is 321 g/mol. The first-order chi connectivity index (χ1) is 12.0. The van der Waals surface area contributed by atoms with Crippen LogP contribution in [0.5, 0.6) is 0 Å². The van der Waals surface area contributed by atoms with Crippen LogP contribution < -0.4 is 5.32 Å². The molecule has 130 valence electrons. The highest BCUT2D eigenvalue weighted by Gasteiger charge is 2.34. The molecule has 2 aromatic rings. The van der Waals surface area contributed by atoms with Gasteiger partial charge in [-0.1, -0.05) is 18.2 Å². The highest BCUT2D eigenvalue weighted by atomic mass is 19.1. The summed E-state index contributed by atoms with van der Waals surface area (Å²) in [7, 11) is 0. The Bertz CT molecular complexity index is 776. The van der Waals surface area contributed by atoms with Gasteiger partial charge in [-0.25, -0.2) is 9.37 Å². The van der Waals surface area contributed by atoms with Gasteiger partial charge in [-0.3, -0.25) is 9.59 Å². The number of halogens is 1. The van der Waals surface area contributed by atoms with Crippen LogP contribution in [0.3, 0.4) is 0 Å². The number of anilines is 1. The van der Waals surface area contributed by atoms with Gasteiger partial charge in [0.15, 0.2) is 0 Å². The van der Waals surface area contributed by atoms with Gasteiger partial charge in [0.05, 0.1) is 5.92 Å². The lowest BCUT2D eigenvalue weighted by molar-refractivity contribution is -0.128. The van der Waals surface area contributed by atoms with Crippen molar-refractivity contribution in [2.45, 2.75) is 19.8 Å². The van der Waals surface area contributed by atoms with E-state index < -0.39 is 0 Å². The van der Waals surface area contributed by atoms with Crippen LogP contribution in [0.4, 0.5) is 10.2 Å². The average molecular weight is 341 g/mol. The molecule has 1 atom stereocenters. The number of carbonyl (C=O) groups is 2. The number of nitrogens with one attached hydrogen (secondary N) is 1. The maximum absolute atomic E-state index is 12.9. The molecule has 6 heteroatoms. The van der Waals surface area contributed by atoms with Crippen molar-refractivity contribution in [3.63, 3.8) is 0 Å². The Balaban J connectivity index is 1.54. The number of nitrogens with zero attached hydrogens (tertiary/aromatic N) is 2. The number of amides is 2. The lowest BCUT2D eigenvalue weighted by Crippen LogP contribution is -2.30. The predicted molar refractivity (Wildman–Crippen MR) is 92.4 cm³/mol. The summed E-state index contributed by atoms with van der Waals surface area (Å²) in [5.74, 6) is -0.358. The molecular formula is C19H20FN3O2. The third-order valence-corrected chi connectivity index (χ3v) is 4.31. The summed E-state index contributed by atoms with van der Waals surface area (Å²) in [6.45, 7) is 2.78. The van der Waals surface area contributed by atoms with Gasteiger partial charge in [0.25, 0.3) is 0 Å². The van der Waals surface area contributed by atoms with Crippen molar-refractivity contribution in [1.29, 1.82) is 0 Å². The van der Waals surface area contributed by atoms with Gasteiger partial charge in [0, 0.05) is 25.2 Å². The van der Waals surface area contributed by atoms with Gasteiger partial charge < -0.3 is 10.2 Å². The van der Waals surface area contributed by atoms with E-state index in [4.69, 9.17) is 0 Å². The van der Waals surface area contributed by atoms with Gasteiger partial charge in [0.1, 0.15) is 11.6 Å². The second-order valence-corrected chi connectivity index (χ2v) is 6.27. The van der Waals surface area contributed by atoms with E-state index in [2.05, 4.69) is 10.3 Å². The van der Waals surface area contributed by atoms with Crippen molar-refractivity contribution < 1.29 is 14.0 Å². The van der Waals surface area contributed by atoms with Crippen LogP contribution >= 0.6 is 0 Å². The molecule has 1 fully saturated rings. The third kappa shape index (κ3) is 4.41. The Kier molecular flexibility index (Phi) is 5.07. The molecule has 0 spiro atoms. The molecule has 5 nitrogen and oxygen atoms in total. The molecule has 2 heterocycles. The van der Waals surface area contributed by atoms with Gasteiger partial charge in [-0.15, -0.1) is 0 Å². The second-order valence-electron chi connectivity index (χ2n) is 6.27. The fourth-order valence-corrected chi connectivity index (χ4v) is 2.92. The van der Waals surface area contributed by atoms with Crippen molar-refractivity contribution in [3.05, 3.63) is 59.5 Å². The molecule has 1 saturated heterocycles. The van der Waals surface area contributed by atoms with E-state index in [1.54, 1.807) is 23.1 Å². The molecule has 1 aliphatic heterocycles. The van der Waals surface area contributed by atoms with Crippen LogP contribution in [0.15, 0.2) is 42.5 Å². The second kappa shape index (κ2) is 7.42. The molecule has 1 aliphatic rings. The quantitative estimate of drug-likeness (QED) is 0.909. The molecule has 1 aromatic heterocycles. The van der Waals surface area contributed by atoms with Gasteiger partial charge in [-0.2, -0.15) is 0 Å². The first-order valence-electron chi connectivity index (χ1n) is 8.28. The number of hydrogen-bond acceptors (Lipinski definition) is 3. The minimum atomic E-state index is -0.372. The number of aryl methyl sites for hydroxylation is 1. The molecule has 1 N–H and O–H groups in total. The summed E-state index contributed by atoms with van der Waals surface area (Å²) in [5.41, 5.74) is 1.78. The van der Waals surface area contributed by atoms with Crippen molar-refractivity contribution in [3.8, 4) is 0 Å². The summed E-state index contributed by atoms with van der Waals surface area (Å²) in [4.78, 5) is 30.4. The Hall–Kier alpha value is -2.76. The van der Waals surface area contributed by atoms with E-state index >= 15 is 0 Å². The van der Waals surface area contributed by atoms with E-state index in [1.807, 2.05) is 19.1 Å². The fourth-order valence-electron chi connectivity index (χ4n) is 2.92. The topological polar surface area (TPSA) is 62.3 Å². The Labute approximate surface area is 145 Å². The minimum Gasteiger partial charge on any atom is -0.342 e. The van der Waals surface area contributed by atoms with Crippen LogP contribution in [-0.2, 0) is 16.0 Å². The predicted octanol–water partition coefficient (Wildman–Crippen LogP) is 2.56. The zero-order chi connectivity index (χ0) is 17.8. The van der Waals surface area contributed by atoms with E-state index in [0.717, 1.165) is 11.3 Å². The molecule has 2 amide bonds. The van der Waals surface area contributed by atoms with Crippen LogP contribution in [0, 0.1) is 18.7 Å². The third-order valence-electron chi connectivity index (χ3n) is 4.31. The Morgan fingerprint density at radius 3 is 2.76 bits per heavy atom. The maximum atomic E-state index is 12.9. The molecule has 0 radical (unpaired) electrons. The van der Waals surface area contributed by atoms with Crippen molar-refractivity contribution in [2.24, 2.45) is 5.92 Å². The summed E-state index contributed by atoms with van der Waals surface area (Å²) < 4.78 is 12.9. The monoisotopic (exact) mass is 341 g/mol. The van der Waals surface area contributed by atoms with Gasteiger partial charge in [0.2, 0.25) is 11.8 Å². The Morgan fingerprint density at radius 1 is 1.28 bits per heavy atom. The van der Waals surface area contributed by atoms with Crippen LogP contribution in [0.25, 0.3) is 0 Å². The molecule has 25 heavy (non-hydrogen) atoms. The SMILES string of the molecule is Cc1cccc(NC(=O)C2CC(=O)N(CCc3ccc(F)cc3)C2)n1. The maximum Gasteiger partial charge on any atom is 0.230 e. The highest BCUT2D eigenvalue weighted by molar-refractivity contribution is 5.96. The normalized spacial score (nSPS) is 17.0. The lowest BCUT2D eigenvalue weighted by atomic mass is 10.1. The molecule has 0 bridgehead atoms. The van der Waals surface area contributed by atoms with E-state index in [9.17, 15) is 14.0 Å². The average Bonchev–Trinajstić information content (AvgIpc) is 2.95. The Morgan fingerprint density at radius 2 is 2.04 bits per heavy atom. The number of hydrogen-bond donors (Lipinski definition) is 1. The van der Waals surface area contributed by atoms with E-state index in [1.165, 1.54) is 12.1 Å². The highest BCUT2D eigenvalue weighted by Crippen LogP contribution is 2.20. The summed E-state index contributed by atoms with van der Waals surface area (Å²) in [6, 6.07) is 11.7. The standard InChI is InChI=1S/C19H20FN3O2/c1-13-3-2-4-17(21-13)22-19(25)15-11-18(24)23(12-15)10-9-14-5-7-16(20)8-6-14/h2-8,15H,9-12H2,1H3,(H,21,22,25). The van der Waals surface area contributed by atoms with Gasteiger partial charge >= 0.3 is 0 Å². The van der Waals surface area contributed by atoms with Gasteiger partial charge in [-0.05, 0) is 43.2 Å². The lowest BCUT2D eigenvalue weighted by Gasteiger charge is -2.16. The molecule has 3 rings (SSSR count). The molecule has 1 aromatic carbocycles. The number of likely N-dealkylation sites (tertiary alicyclic amines) is 1. The molecule has 1 unspecified atom stereocenters. The van der Waals surface area contributed by atoms with E-state index in [-0.39, 0.29) is 30.0 Å². The number of pyridine rings is 1. The van der Waals surface area contributed by atoms with Crippen LogP contribution in [-0.4, -0.2) is 34.8 Å². The molecule has 0 saturated carbocycles. The summed E-state index contributed by atoms with van der Waals surface area (Å²) in [6.07, 6.45) is 0.848. The largest absolute Gasteiger partial charge is 0.342 e. The summed E-state index contributed by atoms with van der Waals surface area (Å²) >= 11 is 0. The zero-order valence-corrected chi connectivity index (χ0v) is 14.0.